The molecule has 0 saturated carbocycles. The minimum atomic E-state index is 0.0730. The lowest BCUT2D eigenvalue weighted by Crippen LogP contribution is -2.22. The molecule has 0 bridgehead atoms. The fourth-order valence-electron chi connectivity index (χ4n) is 1.03. The van der Waals surface area contributed by atoms with E-state index in [2.05, 4.69) is 25.7 Å². The van der Waals surface area contributed by atoms with Crippen molar-refractivity contribution in [3.63, 3.8) is 0 Å². The molecule has 0 spiro atoms. The van der Waals surface area contributed by atoms with E-state index in [-0.39, 0.29) is 6.10 Å². The number of nitrogen functional groups attached to an aromatic ring is 1. The molecule has 1 heterocycles. The van der Waals surface area contributed by atoms with E-state index in [4.69, 9.17) is 10.6 Å². The lowest BCUT2D eigenvalue weighted by molar-refractivity contribution is 0.128. The number of ether oxygens (including phenoxy) is 1. The van der Waals surface area contributed by atoms with Crippen LogP contribution in [0.25, 0.3) is 0 Å². The van der Waals surface area contributed by atoms with E-state index in [1.807, 2.05) is 21.0 Å². The van der Waals surface area contributed by atoms with Gasteiger partial charge in [0, 0.05) is 27.7 Å². The molecule has 0 aliphatic heterocycles. The molecule has 1 unspecified atom stereocenters. The van der Waals surface area contributed by atoms with Gasteiger partial charge in [-0.2, -0.15) is 15.0 Å². The molecule has 17 heavy (non-hydrogen) atoms. The van der Waals surface area contributed by atoms with E-state index in [9.17, 15) is 0 Å². The molecule has 1 aromatic heterocycles. The monoisotopic (exact) mass is 241 g/mol. The van der Waals surface area contributed by atoms with Crippen molar-refractivity contribution in [3.8, 4) is 0 Å². The van der Waals surface area contributed by atoms with Crippen molar-refractivity contribution in [2.45, 2.75) is 13.0 Å². The summed E-state index contributed by atoms with van der Waals surface area (Å²) in [7, 11) is 5.34. The summed E-state index contributed by atoms with van der Waals surface area (Å²) < 4.78 is 5.12. The number of methoxy groups -OCH3 is 1. The highest BCUT2D eigenvalue weighted by molar-refractivity contribution is 5.42. The van der Waals surface area contributed by atoms with Crippen molar-refractivity contribution in [1.29, 1.82) is 0 Å². The van der Waals surface area contributed by atoms with Crippen LogP contribution in [0.1, 0.15) is 6.92 Å². The molecule has 0 saturated heterocycles. The number of nitrogens with one attached hydrogen (secondary N) is 2. The van der Waals surface area contributed by atoms with Gasteiger partial charge in [0.2, 0.25) is 17.8 Å². The van der Waals surface area contributed by atoms with Crippen molar-refractivity contribution in [1.82, 2.24) is 15.0 Å². The van der Waals surface area contributed by atoms with Gasteiger partial charge in [-0.15, -0.1) is 0 Å². The Kier molecular flexibility index (Phi) is 4.85. The van der Waals surface area contributed by atoms with Gasteiger partial charge in [0.25, 0.3) is 0 Å². The number of nitrogens with two attached hydrogens (primary N) is 1. The summed E-state index contributed by atoms with van der Waals surface area (Å²) in [6.07, 6.45) is 0.0730. The predicted octanol–water partition coefficient (Wildman–Crippen LogP) is -0.330. The summed E-state index contributed by atoms with van der Waals surface area (Å²) in [5, 5.41) is 3.06. The second kappa shape index (κ2) is 6.16. The molecule has 0 aliphatic rings. The van der Waals surface area contributed by atoms with Gasteiger partial charge in [-0.25, -0.2) is 5.84 Å². The maximum Gasteiger partial charge on any atom is 0.243 e. The highest BCUT2D eigenvalue weighted by Gasteiger charge is 2.08. The number of rotatable bonds is 6. The second-order valence-electron chi connectivity index (χ2n) is 3.75. The van der Waals surface area contributed by atoms with Gasteiger partial charge in [-0.3, -0.25) is 5.43 Å². The minimum Gasteiger partial charge on any atom is -0.380 e. The van der Waals surface area contributed by atoms with E-state index in [0.29, 0.717) is 24.4 Å². The molecule has 0 aliphatic carbocycles. The zero-order valence-corrected chi connectivity index (χ0v) is 10.6. The smallest absolute Gasteiger partial charge is 0.243 e. The van der Waals surface area contributed by atoms with Crippen LogP contribution in [0.2, 0.25) is 0 Å². The molecular weight excluding hydrogens is 222 g/mol. The first-order chi connectivity index (χ1) is 8.06. The molecule has 0 amide bonds. The third kappa shape index (κ3) is 4.00. The molecule has 1 atom stereocenters. The fraction of sp³-hybridized carbons (Fsp3) is 0.667. The van der Waals surface area contributed by atoms with Crippen LogP contribution < -0.4 is 21.5 Å². The Morgan fingerprint density at radius 3 is 2.47 bits per heavy atom. The molecule has 96 valence electrons. The molecule has 8 heteroatoms. The first-order valence-corrected chi connectivity index (χ1v) is 5.23. The predicted molar refractivity (Wildman–Crippen MR) is 66.9 cm³/mol. The van der Waals surface area contributed by atoms with Crippen molar-refractivity contribution in [2.24, 2.45) is 5.84 Å². The van der Waals surface area contributed by atoms with Gasteiger partial charge < -0.3 is 15.0 Å². The van der Waals surface area contributed by atoms with E-state index in [0.717, 1.165) is 0 Å². The Bertz CT molecular complexity index is 357. The summed E-state index contributed by atoms with van der Waals surface area (Å²) in [4.78, 5) is 14.2. The summed E-state index contributed by atoms with van der Waals surface area (Å²) in [6.45, 7) is 2.56. The lowest BCUT2D eigenvalue weighted by atomic mass is 10.4. The van der Waals surface area contributed by atoms with E-state index in [1.54, 1.807) is 12.0 Å². The quantitative estimate of drug-likeness (QED) is 0.460. The maximum atomic E-state index is 5.30. The number of hydrazine groups is 1. The molecule has 4 N–H and O–H groups in total. The molecule has 1 rings (SSSR count). The number of hydrogen-bond donors (Lipinski definition) is 3. The number of anilines is 3. The summed E-state index contributed by atoms with van der Waals surface area (Å²) >= 11 is 0. The number of aromatic nitrogens is 3. The van der Waals surface area contributed by atoms with Crippen LogP contribution in [0.5, 0.6) is 0 Å². The SMILES string of the molecule is COC(C)CNc1nc(NN)nc(N(C)C)n1. The van der Waals surface area contributed by atoms with Crippen LogP contribution in [-0.4, -0.2) is 48.8 Å². The molecule has 1 aromatic rings. The van der Waals surface area contributed by atoms with Gasteiger partial charge in [0.1, 0.15) is 0 Å². The molecular formula is C9H19N7O. The normalized spacial score (nSPS) is 12.1. The van der Waals surface area contributed by atoms with Crippen molar-refractivity contribution >= 4 is 17.8 Å². The maximum absolute atomic E-state index is 5.30. The molecule has 0 fully saturated rings. The molecule has 8 nitrogen and oxygen atoms in total. The van der Waals surface area contributed by atoms with Gasteiger partial charge in [0.05, 0.1) is 6.10 Å². The van der Waals surface area contributed by atoms with Crippen LogP contribution in [0.4, 0.5) is 17.8 Å². The highest BCUT2D eigenvalue weighted by atomic mass is 16.5. The lowest BCUT2D eigenvalue weighted by Gasteiger charge is -2.14. The van der Waals surface area contributed by atoms with Crippen LogP contribution in [0.15, 0.2) is 0 Å². The van der Waals surface area contributed by atoms with Crippen molar-refractivity contribution < 1.29 is 4.74 Å². The fourth-order valence-corrected chi connectivity index (χ4v) is 1.03. The van der Waals surface area contributed by atoms with Gasteiger partial charge >= 0.3 is 0 Å². The number of nitrogens with zero attached hydrogens (tertiary/aromatic N) is 4. The first kappa shape index (κ1) is 13.4. The van der Waals surface area contributed by atoms with Gasteiger partial charge in [0.15, 0.2) is 0 Å². The zero-order chi connectivity index (χ0) is 12.8. The average molecular weight is 241 g/mol. The average Bonchev–Trinajstić information content (AvgIpc) is 2.35. The third-order valence-electron chi connectivity index (χ3n) is 2.10. The third-order valence-corrected chi connectivity index (χ3v) is 2.10. The van der Waals surface area contributed by atoms with E-state index in [1.165, 1.54) is 0 Å². The van der Waals surface area contributed by atoms with Crippen LogP contribution in [0.3, 0.4) is 0 Å². The first-order valence-electron chi connectivity index (χ1n) is 5.23. The van der Waals surface area contributed by atoms with Crippen LogP contribution in [-0.2, 0) is 4.74 Å². The van der Waals surface area contributed by atoms with Crippen molar-refractivity contribution in [3.05, 3.63) is 0 Å². The van der Waals surface area contributed by atoms with Gasteiger partial charge in [-0.05, 0) is 6.92 Å². The summed E-state index contributed by atoms with van der Waals surface area (Å²) in [6, 6.07) is 0. The summed E-state index contributed by atoms with van der Waals surface area (Å²) in [5.41, 5.74) is 2.40. The topological polar surface area (TPSA) is 101 Å². The van der Waals surface area contributed by atoms with Crippen LogP contribution in [0, 0.1) is 0 Å². The van der Waals surface area contributed by atoms with E-state index < -0.39 is 0 Å². The Hall–Kier alpha value is -1.67. The Labute approximate surface area is 101 Å². The Morgan fingerprint density at radius 2 is 1.94 bits per heavy atom. The van der Waals surface area contributed by atoms with E-state index >= 15 is 0 Å². The second-order valence-corrected chi connectivity index (χ2v) is 3.75. The number of hydrogen-bond acceptors (Lipinski definition) is 8. The Morgan fingerprint density at radius 1 is 1.29 bits per heavy atom. The summed E-state index contributed by atoms with van der Waals surface area (Å²) in [5.74, 6) is 6.60. The molecule has 0 aromatic carbocycles. The van der Waals surface area contributed by atoms with Crippen LogP contribution >= 0.6 is 0 Å². The highest BCUT2D eigenvalue weighted by Crippen LogP contribution is 2.10. The zero-order valence-electron chi connectivity index (χ0n) is 10.6. The molecule has 0 radical (unpaired) electrons. The standard InChI is InChI=1S/C9H19N7O/c1-6(17-4)5-11-7-12-8(15-10)14-9(13-7)16(2)3/h6H,5,10H2,1-4H3,(H2,11,12,13,14,15). The van der Waals surface area contributed by atoms with Crippen molar-refractivity contribution in [2.75, 3.05) is 43.4 Å². The Balaban J connectivity index is 2.80. The largest absolute Gasteiger partial charge is 0.380 e. The van der Waals surface area contributed by atoms with Gasteiger partial charge in [-0.1, -0.05) is 0 Å². The minimum absolute atomic E-state index is 0.0730.